The van der Waals surface area contributed by atoms with Crippen molar-refractivity contribution in [2.45, 2.75) is 17.2 Å². The second-order valence-electron chi connectivity index (χ2n) is 4.13. The summed E-state index contributed by atoms with van der Waals surface area (Å²) >= 11 is 0. The van der Waals surface area contributed by atoms with Crippen LogP contribution in [0.3, 0.4) is 0 Å². The monoisotopic (exact) mass is 271 g/mol. The summed E-state index contributed by atoms with van der Waals surface area (Å²) in [4.78, 5) is 11.1. The van der Waals surface area contributed by atoms with Crippen LogP contribution in [0.5, 0.6) is 0 Å². The molecule has 98 valence electrons. The van der Waals surface area contributed by atoms with E-state index >= 15 is 0 Å². The van der Waals surface area contributed by atoms with Crippen molar-refractivity contribution in [3.8, 4) is 0 Å². The minimum atomic E-state index is -3.95. The van der Waals surface area contributed by atoms with Crippen LogP contribution in [0.2, 0.25) is 0 Å². The van der Waals surface area contributed by atoms with Crippen LogP contribution in [-0.2, 0) is 14.8 Å². The van der Waals surface area contributed by atoms with Gasteiger partial charge >= 0.3 is 5.97 Å². The number of ether oxygens (including phenoxy) is 1. The molecule has 1 fully saturated rings. The van der Waals surface area contributed by atoms with Gasteiger partial charge in [0.2, 0.25) is 10.0 Å². The summed E-state index contributed by atoms with van der Waals surface area (Å²) in [7, 11) is -3.95. The fourth-order valence-electron chi connectivity index (χ4n) is 2.16. The van der Waals surface area contributed by atoms with E-state index in [4.69, 9.17) is 15.0 Å². The number of rotatable bonds is 3. The van der Waals surface area contributed by atoms with E-state index in [2.05, 4.69) is 0 Å². The molecular formula is C11H13NO5S. The zero-order valence-electron chi connectivity index (χ0n) is 9.50. The quantitative estimate of drug-likeness (QED) is 0.834. The van der Waals surface area contributed by atoms with Crippen molar-refractivity contribution in [2.75, 3.05) is 13.2 Å². The summed E-state index contributed by atoms with van der Waals surface area (Å²) in [5.41, 5.74) is 0.224. The van der Waals surface area contributed by atoms with Crippen LogP contribution < -0.4 is 5.14 Å². The minimum Gasteiger partial charge on any atom is -0.478 e. The fourth-order valence-corrected chi connectivity index (χ4v) is 3.01. The Labute approximate surface area is 104 Å². The van der Waals surface area contributed by atoms with Crippen molar-refractivity contribution in [3.63, 3.8) is 0 Å². The molecule has 0 bridgehead atoms. The summed E-state index contributed by atoms with van der Waals surface area (Å²) in [5.74, 6) is -1.41. The van der Waals surface area contributed by atoms with Gasteiger partial charge in [0.25, 0.3) is 0 Å². The normalized spacial score (nSPS) is 19.9. The van der Waals surface area contributed by atoms with Crippen molar-refractivity contribution >= 4 is 16.0 Å². The van der Waals surface area contributed by atoms with Gasteiger partial charge in [-0.1, -0.05) is 6.07 Å². The lowest BCUT2D eigenvalue weighted by atomic mass is 9.93. The van der Waals surface area contributed by atoms with Crippen molar-refractivity contribution < 1.29 is 23.1 Å². The van der Waals surface area contributed by atoms with Crippen molar-refractivity contribution in [3.05, 3.63) is 29.3 Å². The van der Waals surface area contributed by atoms with Crippen LogP contribution >= 0.6 is 0 Å². The van der Waals surface area contributed by atoms with Gasteiger partial charge in [-0.3, -0.25) is 0 Å². The molecular weight excluding hydrogens is 258 g/mol. The molecule has 2 rings (SSSR count). The van der Waals surface area contributed by atoms with Crippen LogP contribution in [0.15, 0.2) is 23.1 Å². The maximum atomic E-state index is 11.5. The van der Waals surface area contributed by atoms with E-state index in [0.29, 0.717) is 19.6 Å². The first kappa shape index (κ1) is 13.0. The van der Waals surface area contributed by atoms with Gasteiger partial charge < -0.3 is 9.84 Å². The molecule has 1 aromatic carbocycles. The van der Waals surface area contributed by atoms with Crippen LogP contribution in [0.4, 0.5) is 0 Å². The summed E-state index contributed by atoms with van der Waals surface area (Å²) in [5, 5.41) is 14.3. The smallest absolute Gasteiger partial charge is 0.336 e. The van der Waals surface area contributed by atoms with E-state index in [-0.39, 0.29) is 21.9 Å². The summed E-state index contributed by atoms with van der Waals surface area (Å²) < 4.78 is 28.2. The van der Waals surface area contributed by atoms with E-state index in [1.807, 2.05) is 0 Å². The molecule has 0 amide bonds. The van der Waals surface area contributed by atoms with E-state index in [0.717, 1.165) is 0 Å². The number of carboxylic acid groups (broad SMARTS) is 1. The minimum absolute atomic E-state index is 0.0305. The molecule has 1 atom stereocenters. The number of aromatic carboxylic acids is 1. The van der Waals surface area contributed by atoms with E-state index < -0.39 is 16.0 Å². The van der Waals surface area contributed by atoms with Crippen molar-refractivity contribution in [1.29, 1.82) is 0 Å². The molecule has 0 aromatic heterocycles. The second kappa shape index (κ2) is 4.68. The van der Waals surface area contributed by atoms with Crippen LogP contribution in [0.1, 0.15) is 28.3 Å². The molecule has 0 spiro atoms. The first-order chi connectivity index (χ1) is 8.41. The topological polar surface area (TPSA) is 107 Å². The van der Waals surface area contributed by atoms with Crippen LogP contribution in [-0.4, -0.2) is 32.7 Å². The van der Waals surface area contributed by atoms with Gasteiger partial charge in [0.05, 0.1) is 17.1 Å². The molecule has 1 unspecified atom stereocenters. The highest BCUT2D eigenvalue weighted by Crippen LogP contribution is 2.32. The Balaban J connectivity index is 2.67. The SMILES string of the molecule is NS(=O)(=O)c1cccc(C(=O)O)c1C1CCOC1. The molecule has 1 aliphatic heterocycles. The Morgan fingerprint density at radius 2 is 2.17 bits per heavy atom. The Morgan fingerprint density at radius 1 is 1.44 bits per heavy atom. The third-order valence-electron chi connectivity index (χ3n) is 2.94. The third-order valence-corrected chi connectivity index (χ3v) is 3.91. The number of benzene rings is 1. The first-order valence-corrected chi connectivity index (χ1v) is 6.92. The lowest BCUT2D eigenvalue weighted by molar-refractivity contribution is 0.0694. The zero-order valence-corrected chi connectivity index (χ0v) is 10.3. The first-order valence-electron chi connectivity index (χ1n) is 5.38. The molecule has 7 heteroatoms. The number of carbonyl (C=O) groups is 1. The van der Waals surface area contributed by atoms with Gasteiger partial charge in [-0.05, 0) is 24.1 Å². The molecule has 1 aliphatic rings. The lowest BCUT2D eigenvalue weighted by Crippen LogP contribution is -2.19. The van der Waals surface area contributed by atoms with Gasteiger partial charge in [-0.15, -0.1) is 0 Å². The highest BCUT2D eigenvalue weighted by Gasteiger charge is 2.29. The van der Waals surface area contributed by atoms with E-state index in [1.54, 1.807) is 0 Å². The maximum Gasteiger partial charge on any atom is 0.336 e. The molecule has 1 saturated heterocycles. The summed E-state index contributed by atoms with van der Waals surface area (Å²) in [6.45, 7) is 0.801. The maximum absolute atomic E-state index is 11.5. The number of hydrogen-bond donors (Lipinski definition) is 2. The van der Waals surface area contributed by atoms with Crippen LogP contribution in [0.25, 0.3) is 0 Å². The Morgan fingerprint density at radius 3 is 2.67 bits per heavy atom. The number of hydrogen-bond acceptors (Lipinski definition) is 4. The Kier molecular flexibility index (Phi) is 3.38. The average Bonchev–Trinajstić information content (AvgIpc) is 2.79. The lowest BCUT2D eigenvalue weighted by Gasteiger charge is -2.15. The number of nitrogens with two attached hydrogens (primary N) is 1. The molecule has 1 aromatic rings. The van der Waals surface area contributed by atoms with E-state index in [9.17, 15) is 13.2 Å². The average molecular weight is 271 g/mol. The number of sulfonamides is 1. The van der Waals surface area contributed by atoms with Gasteiger partial charge in [0.15, 0.2) is 0 Å². The van der Waals surface area contributed by atoms with Gasteiger partial charge in [-0.2, -0.15) is 0 Å². The zero-order chi connectivity index (χ0) is 13.3. The molecule has 1 heterocycles. The van der Waals surface area contributed by atoms with E-state index in [1.165, 1.54) is 18.2 Å². The highest BCUT2D eigenvalue weighted by atomic mass is 32.2. The van der Waals surface area contributed by atoms with Gasteiger partial charge in [0, 0.05) is 12.5 Å². The molecule has 0 aliphatic carbocycles. The van der Waals surface area contributed by atoms with Crippen LogP contribution in [0, 0.1) is 0 Å². The predicted molar refractivity (Wildman–Crippen MR) is 63.0 cm³/mol. The largest absolute Gasteiger partial charge is 0.478 e. The van der Waals surface area contributed by atoms with Crippen molar-refractivity contribution in [1.82, 2.24) is 0 Å². The molecule has 3 N–H and O–H groups in total. The molecule has 0 radical (unpaired) electrons. The predicted octanol–water partition coefficient (Wildman–Crippen LogP) is 0.536. The summed E-state index contributed by atoms with van der Waals surface area (Å²) in [6, 6.07) is 4.09. The van der Waals surface area contributed by atoms with Crippen molar-refractivity contribution in [2.24, 2.45) is 5.14 Å². The molecule has 6 nitrogen and oxygen atoms in total. The standard InChI is InChI=1S/C11H13NO5S/c12-18(15,16)9-3-1-2-8(11(13)14)10(9)7-4-5-17-6-7/h1-3,7H,4-6H2,(H,13,14)(H2,12,15,16). The molecule has 18 heavy (non-hydrogen) atoms. The number of primary sulfonamides is 1. The highest BCUT2D eigenvalue weighted by molar-refractivity contribution is 7.89. The number of carboxylic acids is 1. The van der Waals surface area contributed by atoms with Gasteiger partial charge in [-0.25, -0.2) is 18.4 Å². The van der Waals surface area contributed by atoms with Gasteiger partial charge in [0.1, 0.15) is 0 Å². The fraction of sp³-hybridized carbons (Fsp3) is 0.364. The second-order valence-corrected chi connectivity index (χ2v) is 5.66. The Bertz CT molecular complexity index is 575. The third kappa shape index (κ3) is 2.38. The summed E-state index contributed by atoms with van der Waals surface area (Å²) in [6.07, 6.45) is 0.590. The molecule has 0 saturated carbocycles. The Hall–Kier alpha value is -1.44.